The number of piperazine rings is 1. The molecule has 0 spiro atoms. The van der Waals surface area contributed by atoms with E-state index in [0.29, 0.717) is 6.42 Å². The molecule has 0 N–H and O–H groups in total. The van der Waals surface area contributed by atoms with E-state index in [1.807, 2.05) is 17.0 Å². The molecule has 144 valence electrons. The predicted molar refractivity (Wildman–Crippen MR) is 107 cm³/mol. The van der Waals surface area contributed by atoms with Crippen LogP contribution in [0.15, 0.2) is 47.1 Å². The fourth-order valence-electron chi connectivity index (χ4n) is 4.29. The topological polar surface area (TPSA) is 39.9 Å². The number of nitrogens with zero attached hydrogens (tertiary/aromatic N) is 3. The molecule has 1 unspecified atom stereocenters. The molecule has 5 heteroatoms. The van der Waals surface area contributed by atoms with Crippen LogP contribution in [-0.2, 0) is 4.79 Å². The summed E-state index contributed by atoms with van der Waals surface area (Å²) in [6.45, 7) is 7.92. The quantitative estimate of drug-likeness (QED) is 0.811. The average Bonchev–Trinajstić information content (AvgIpc) is 3.37. The summed E-state index contributed by atoms with van der Waals surface area (Å²) in [4.78, 5) is 19.6. The fourth-order valence-corrected chi connectivity index (χ4v) is 4.29. The Balaban J connectivity index is 1.26. The van der Waals surface area contributed by atoms with E-state index in [1.54, 1.807) is 6.26 Å². The van der Waals surface area contributed by atoms with Crippen molar-refractivity contribution < 1.29 is 9.21 Å². The van der Waals surface area contributed by atoms with Gasteiger partial charge in [-0.05, 0) is 49.6 Å². The lowest BCUT2D eigenvalue weighted by Gasteiger charge is -2.36. The molecular formula is C22H29N3O2. The predicted octanol–water partition coefficient (Wildman–Crippen LogP) is 3.46. The van der Waals surface area contributed by atoms with Crippen LogP contribution < -0.4 is 4.90 Å². The number of furan rings is 1. The molecule has 1 aromatic carbocycles. The summed E-state index contributed by atoms with van der Waals surface area (Å²) in [5.41, 5.74) is 2.61. The highest BCUT2D eigenvalue weighted by molar-refractivity contribution is 5.77. The van der Waals surface area contributed by atoms with Gasteiger partial charge in [-0.2, -0.15) is 0 Å². The lowest BCUT2D eigenvalue weighted by molar-refractivity contribution is -0.132. The number of carbonyl (C=O) groups excluding carboxylic acids is 1. The van der Waals surface area contributed by atoms with Crippen molar-refractivity contribution in [1.82, 2.24) is 9.80 Å². The number of amides is 1. The van der Waals surface area contributed by atoms with E-state index in [4.69, 9.17) is 4.42 Å². The molecule has 1 atom stereocenters. The molecule has 27 heavy (non-hydrogen) atoms. The Kier molecular flexibility index (Phi) is 5.48. The molecule has 0 aliphatic carbocycles. The van der Waals surface area contributed by atoms with Crippen molar-refractivity contribution in [3.63, 3.8) is 0 Å². The number of rotatable bonds is 5. The normalized spacial score (nSPS) is 21.0. The van der Waals surface area contributed by atoms with Crippen LogP contribution in [0.3, 0.4) is 0 Å². The number of benzene rings is 1. The van der Waals surface area contributed by atoms with Crippen LogP contribution in [0.4, 0.5) is 5.69 Å². The largest absolute Gasteiger partial charge is 0.467 e. The number of carbonyl (C=O) groups is 1. The summed E-state index contributed by atoms with van der Waals surface area (Å²) in [5.74, 6) is 1.18. The van der Waals surface area contributed by atoms with Gasteiger partial charge in [0.05, 0.1) is 12.3 Å². The molecule has 1 amide bonds. The Morgan fingerprint density at radius 2 is 1.96 bits per heavy atom. The summed E-state index contributed by atoms with van der Waals surface area (Å²) in [5, 5.41) is 0. The molecule has 0 saturated carbocycles. The van der Waals surface area contributed by atoms with Gasteiger partial charge in [0.2, 0.25) is 5.91 Å². The molecule has 5 nitrogen and oxygen atoms in total. The van der Waals surface area contributed by atoms with Crippen LogP contribution in [0.5, 0.6) is 0 Å². The highest BCUT2D eigenvalue weighted by Crippen LogP contribution is 2.32. The molecule has 2 saturated heterocycles. The Labute approximate surface area is 161 Å². The highest BCUT2D eigenvalue weighted by atomic mass is 16.3. The van der Waals surface area contributed by atoms with Crippen LogP contribution in [-0.4, -0.2) is 55.0 Å². The smallest absolute Gasteiger partial charge is 0.224 e. The molecule has 2 aliphatic heterocycles. The van der Waals surface area contributed by atoms with Crippen molar-refractivity contribution in [2.75, 3.05) is 44.2 Å². The molecule has 1 aromatic heterocycles. The number of aryl methyl sites for hydroxylation is 1. The summed E-state index contributed by atoms with van der Waals surface area (Å²) >= 11 is 0. The third-order valence-corrected chi connectivity index (χ3v) is 5.83. The second-order valence-electron chi connectivity index (χ2n) is 7.68. The minimum absolute atomic E-state index is 0.130. The minimum atomic E-state index is 0.130. The second kappa shape index (κ2) is 8.17. The van der Waals surface area contributed by atoms with Crippen molar-refractivity contribution in [2.24, 2.45) is 0 Å². The van der Waals surface area contributed by atoms with Crippen LogP contribution in [0.2, 0.25) is 0 Å². The first-order valence-electron chi connectivity index (χ1n) is 10.1. The molecule has 0 bridgehead atoms. The van der Waals surface area contributed by atoms with Crippen LogP contribution in [0, 0.1) is 6.92 Å². The Morgan fingerprint density at radius 1 is 1.11 bits per heavy atom. The number of likely N-dealkylation sites (tertiary alicyclic amines) is 1. The molecule has 0 radical (unpaired) electrons. The van der Waals surface area contributed by atoms with Gasteiger partial charge in [-0.15, -0.1) is 0 Å². The van der Waals surface area contributed by atoms with Gasteiger partial charge in [-0.1, -0.05) is 12.1 Å². The monoisotopic (exact) mass is 367 g/mol. The maximum Gasteiger partial charge on any atom is 0.224 e. The van der Waals surface area contributed by atoms with E-state index in [1.165, 1.54) is 11.3 Å². The van der Waals surface area contributed by atoms with E-state index >= 15 is 0 Å². The van der Waals surface area contributed by atoms with Crippen molar-refractivity contribution in [2.45, 2.75) is 32.2 Å². The Morgan fingerprint density at radius 3 is 2.70 bits per heavy atom. The average molecular weight is 367 g/mol. The van der Waals surface area contributed by atoms with Gasteiger partial charge in [-0.3, -0.25) is 9.69 Å². The first-order valence-corrected chi connectivity index (χ1v) is 10.1. The summed E-state index contributed by atoms with van der Waals surface area (Å²) in [7, 11) is 0. The lowest BCUT2D eigenvalue weighted by atomic mass is 10.1. The number of anilines is 1. The van der Waals surface area contributed by atoms with Crippen molar-refractivity contribution in [1.29, 1.82) is 0 Å². The van der Waals surface area contributed by atoms with Crippen molar-refractivity contribution in [3.8, 4) is 0 Å². The first kappa shape index (κ1) is 18.1. The first-order chi connectivity index (χ1) is 13.2. The fraction of sp³-hybridized carbons (Fsp3) is 0.500. The zero-order valence-electron chi connectivity index (χ0n) is 16.1. The van der Waals surface area contributed by atoms with Crippen LogP contribution in [0.25, 0.3) is 0 Å². The second-order valence-corrected chi connectivity index (χ2v) is 7.68. The van der Waals surface area contributed by atoms with E-state index < -0.39 is 0 Å². The molecule has 3 heterocycles. The highest BCUT2D eigenvalue weighted by Gasteiger charge is 2.31. The summed E-state index contributed by atoms with van der Waals surface area (Å²) in [6, 6.07) is 12.7. The molecular weight excluding hydrogens is 338 g/mol. The maximum absolute atomic E-state index is 12.8. The molecule has 4 rings (SSSR count). The third-order valence-electron chi connectivity index (χ3n) is 5.83. The zero-order chi connectivity index (χ0) is 18.6. The molecule has 2 fully saturated rings. The summed E-state index contributed by atoms with van der Waals surface area (Å²) < 4.78 is 5.54. The molecule has 2 aliphatic rings. The SMILES string of the molecule is Cc1cccc(N2CCN(CCC(=O)N3CCCC3c3ccco3)CC2)c1. The zero-order valence-corrected chi connectivity index (χ0v) is 16.1. The van der Waals surface area contributed by atoms with Crippen LogP contribution in [0.1, 0.15) is 36.6 Å². The standard InChI is InChI=1S/C22H29N3O2/c1-18-5-2-6-19(17-18)24-14-12-23(13-15-24)11-9-22(26)25-10-3-7-20(25)21-8-4-16-27-21/h2,4-6,8,16-17,20H,3,7,9-15H2,1H3. The maximum atomic E-state index is 12.8. The van der Waals surface area contributed by atoms with Gasteiger partial charge in [0.15, 0.2) is 0 Å². The van der Waals surface area contributed by atoms with Gasteiger partial charge < -0.3 is 14.2 Å². The van der Waals surface area contributed by atoms with Gasteiger partial charge >= 0.3 is 0 Å². The minimum Gasteiger partial charge on any atom is -0.467 e. The van der Waals surface area contributed by atoms with Gasteiger partial charge in [0.1, 0.15) is 5.76 Å². The number of hydrogen-bond donors (Lipinski definition) is 0. The molecule has 2 aromatic rings. The Hall–Kier alpha value is -2.27. The van der Waals surface area contributed by atoms with Crippen molar-refractivity contribution in [3.05, 3.63) is 54.0 Å². The Bertz CT molecular complexity index is 751. The van der Waals surface area contributed by atoms with E-state index in [-0.39, 0.29) is 11.9 Å². The van der Waals surface area contributed by atoms with Gasteiger partial charge in [-0.25, -0.2) is 0 Å². The van der Waals surface area contributed by atoms with E-state index in [9.17, 15) is 4.79 Å². The van der Waals surface area contributed by atoms with Crippen LogP contribution >= 0.6 is 0 Å². The van der Waals surface area contributed by atoms with Gasteiger partial charge in [0.25, 0.3) is 0 Å². The lowest BCUT2D eigenvalue weighted by Crippen LogP contribution is -2.47. The van der Waals surface area contributed by atoms with E-state index in [0.717, 1.165) is 57.9 Å². The third kappa shape index (κ3) is 4.19. The van der Waals surface area contributed by atoms with Gasteiger partial charge in [0, 0.05) is 51.4 Å². The summed E-state index contributed by atoms with van der Waals surface area (Å²) in [6.07, 6.45) is 4.37. The van der Waals surface area contributed by atoms with Crippen molar-refractivity contribution >= 4 is 11.6 Å². The number of hydrogen-bond acceptors (Lipinski definition) is 4. The van der Waals surface area contributed by atoms with E-state index in [2.05, 4.69) is 41.0 Å².